The van der Waals surface area contributed by atoms with Gasteiger partial charge in [0.2, 0.25) is 11.8 Å². The number of anilines is 1. The van der Waals surface area contributed by atoms with Crippen LogP contribution in [0.2, 0.25) is 0 Å². The summed E-state index contributed by atoms with van der Waals surface area (Å²) >= 11 is 6.64. The topological polar surface area (TPSA) is 73.0 Å². The standard InChI is InChI=1S/C21H18N4O2S2/c1-13-8-10-16(11-9-13)19-24-25(21(28)27-19)12-17(26)22-20-23-18(14(2)29-20)15-6-4-3-5-7-15/h3-11H,12H2,1-2H3,(H,22,23,26). The molecule has 4 aromatic rings. The quantitative estimate of drug-likeness (QED) is 0.445. The number of nitrogens with zero attached hydrogens (tertiary/aromatic N) is 3. The predicted octanol–water partition coefficient (Wildman–Crippen LogP) is 5.25. The number of hydrogen-bond donors (Lipinski definition) is 1. The Bertz CT molecular complexity index is 1210. The van der Waals surface area contributed by atoms with Crippen LogP contribution in [0.1, 0.15) is 10.4 Å². The fourth-order valence-corrected chi connectivity index (χ4v) is 3.86. The van der Waals surface area contributed by atoms with Gasteiger partial charge in [-0.25, -0.2) is 9.67 Å². The van der Waals surface area contributed by atoms with Crippen molar-refractivity contribution in [3.8, 4) is 22.7 Å². The van der Waals surface area contributed by atoms with Crippen LogP contribution in [-0.4, -0.2) is 20.7 Å². The molecular formula is C21H18N4O2S2. The van der Waals surface area contributed by atoms with Crippen molar-refractivity contribution in [3.63, 3.8) is 0 Å². The van der Waals surface area contributed by atoms with Gasteiger partial charge in [0, 0.05) is 16.0 Å². The maximum absolute atomic E-state index is 12.5. The van der Waals surface area contributed by atoms with Gasteiger partial charge in [-0.2, -0.15) is 0 Å². The van der Waals surface area contributed by atoms with Crippen LogP contribution in [0.3, 0.4) is 0 Å². The van der Waals surface area contributed by atoms with Crippen LogP contribution < -0.4 is 5.32 Å². The van der Waals surface area contributed by atoms with Crippen LogP contribution in [-0.2, 0) is 11.3 Å². The molecule has 6 nitrogen and oxygen atoms in total. The second-order valence-electron chi connectivity index (χ2n) is 6.53. The Balaban J connectivity index is 1.48. The Labute approximate surface area is 176 Å². The van der Waals surface area contributed by atoms with E-state index in [2.05, 4.69) is 15.4 Å². The largest absolute Gasteiger partial charge is 0.409 e. The van der Waals surface area contributed by atoms with Crippen molar-refractivity contribution >= 4 is 34.6 Å². The Morgan fingerprint density at radius 3 is 2.55 bits per heavy atom. The normalized spacial score (nSPS) is 10.8. The number of nitrogens with one attached hydrogen (secondary N) is 1. The van der Waals surface area contributed by atoms with Gasteiger partial charge in [-0.15, -0.1) is 16.4 Å². The summed E-state index contributed by atoms with van der Waals surface area (Å²) in [6.45, 7) is 3.94. The first-order valence-electron chi connectivity index (χ1n) is 8.97. The van der Waals surface area contributed by atoms with E-state index in [1.807, 2.05) is 68.4 Å². The van der Waals surface area contributed by atoms with Crippen LogP contribution in [0.25, 0.3) is 22.7 Å². The van der Waals surface area contributed by atoms with E-state index in [0.717, 1.165) is 27.3 Å². The van der Waals surface area contributed by atoms with Gasteiger partial charge in [-0.1, -0.05) is 48.0 Å². The molecule has 0 radical (unpaired) electrons. The van der Waals surface area contributed by atoms with Gasteiger partial charge in [0.15, 0.2) is 5.13 Å². The number of aromatic nitrogens is 3. The second-order valence-corrected chi connectivity index (χ2v) is 8.09. The number of aryl methyl sites for hydroxylation is 2. The number of carbonyl (C=O) groups excluding carboxylic acids is 1. The van der Waals surface area contributed by atoms with Gasteiger partial charge in [0.05, 0.1) is 5.69 Å². The third-order valence-electron chi connectivity index (χ3n) is 4.29. The second kappa shape index (κ2) is 8.10. The molecule has 1 amide bonds. The molecule has 0 aliphatic heterocycles. The van der Waals surface area contributed by atoms with E-state index in [1.54, 1.807) is 0 Å². The van der Waals surface area contributed by atoms with E-state index in [1.165, 1.54) is 16.0 Å². The third-order valence-corrected chi connectivity index (χ3v) is 5.47. The minimum Gasteiger partial charge on any atom is -0.409 e. The molecule has 4 rings (SSSR count). The zero-order valence-electron chi connectivity index (χ0n) is 15.9. The lowest BCUT2D eigenvalue weighted by Crippen LogP contribution is -2.19. The van der Waals surface area contributed by atoms with Crippen LogP contribution >= 0.6 is 23.6 Å². The number of hydrogen-bond acceptors (Lipinski definition) is 6. The SMILES string of the molecule is Cc1ccc(-c2nn(CC(=O)Nc3nc(-c4ccccc4)c(C)s3)c(=S)o2)cc1. The van der Waals surface area contributed by atoms with Crippen molar-refractivity contribution in [2.24, 2.45) is 0 Å². The highest BCUT2D eigenvalue weighted by Gasteiger charge is 2.15. The summed E-state index contributed by atoms with van der Waals surface area (Å²) in [5.74, 6) is 0.123. The first-order valence-corrected chi connectivity index (χ1v) is 10.2. The molecule has 0 saturated carbocycles. The molecule has 29 heavy (non-hydrogen) atoms. The van der Waals surface area contributed by atoms with E-state index >= 15 is 0 Å². The van der Waals surface area contributed by atoms with Gasteiger partial charge in [-0.05, 0) is 38.2 Å². The number of rotatable bonds is 5. The Morgan fingerprint density at radius 2 is 1.83 bits per heavy atom. The molecule has 0 fully saturated rings. The molecule has 0 saturated heterocycles. The van der Waals surface area contributed by atoms with Crippen molar-refractivity contribution in [2.45, 2.75) is 20.4 Å². The molecule has 2 heterocycles. The Hall–Kier alpha value is -3.10. The summed E-state index contributed by atoms with van der Waals surface area (Å²) < 4.78 is 6.92. The lowest BCUT2D eigenvalue weighted by atomic mass is 10.1. The van der Waals surface area contributed by atoms with Gasteiger partial charge in [0.1, 0.15) is 6.54 Å². The molecule has 2 aromatic heterocycles. The summed E-state index contributed by atoms with van der Waals surface area (Å²) in [5.41, 5.74) is 3.83. The molecule has 1 N–H and O–H groups in total. The summed E-state index contributed by atoms with van der Waals surface area (Å²) in [6, 6.07) is 17.6. The maximum Gasteiger partial charge on any atom is 0.287 e. The molecule has 8 heteroatoms. The van der Waals surface area contributed by atoms with E-state index < -0.39 is 0 Å². The minimum atomic E-state index is -0.266. The molecule has 0 atom stereocenters. The lowest BCUT2D eigenvalue weighted by molar-refractivity contribution is -0.117. The van der Waals surface area contributed by atoms with E-state index in [-0.39, 0.29) is 17.3 Å². The minimum absolute atomic E-state index is 0.0481. The van der Waals surface area contributed by atoms with Crippen molar-refractivity contribution in [2.75, 3.05) is 5.32 Å². The average molecular weight is 423 g/mol. The highest BCUT2D eigenvalue weighted by atomic mass is 32.1. The Morgan fingerprint density at radius 1 is 1.10 bits per heavy atom. The predicted molar refractivity (Wildman–Crippen MR) is 116 cm³/mol. The fourth-order valence-electron chi connectivity index (χ4n) is 2.83. The number of amides is 1. The molecule has 0 bridgehead atoms. The van der Waals surface area contributed by atoms with E-state index in [4.69, 9.17) is 16.6 Å². The van der Waals surface area contributed by atoms with Crippen LogP contribution in [0.5, 0.6) is 0 Å². The van der Waals surface area contributed by atoms with Crippen LogP contribution in [0.4, 0.5) is 5.13 Å². The third kappa shape index (κ3) is 4.33. The smallest absolute Gasteiger partial charge is 0.287 e. The van der Waals surface area contributed by atoms with Gasteiger partial charge in [0.25, 0.3) is 4.84 Å². The van der Waals surface area contributed by atoms with E-state index in [9.17, 15) is 4.79 Å². The van der Waals surface area contributed by atoms with Crippen molar-refractivity contribution < 1.29 is 9.21 Å². The maximum atomic E-state index is 12.5. The van der Waals surface area contributed by atoms with Gasteiger partial charge in [-0.3, -0.25) is 4.79 Å². The first-order chi connectivity index (χ1) is 14.0. The molecule has 0 aliphatic carbocycles. The molecular weight excluding hydrogens is 404 g/mol. The fraction of sp³-hybridized carbons (Fsp3) is 0.143. The summed E-state index contributed by atoms with van der Waals surface area (Å²) in [7, 11) is 0. The monoisotopic (exact) mass is 422 g/mol. The zero-order valence-corrected chi connectivity index (χ0v) is 17.5. The first kappa shape index (κ1) is 19.2. The van der Waals surface area contributed by atoms with Crippen LogP contribution in [0.15, 0.2) is 59.0 Å². The number of thiazole rings is 1. The zero-order chi connectivity index (χ0) is 20.4. The van der Waals surface area contributed by atoms with Gasteiger partial charge < -0.3 is 9.73 Å². The highest BCUT2D eigenvalue weighted by molar-refractivity contribution is 7.71. The Kier molecular flexibility index (Phi) is 5.37. The molecule has 2 aromatic carbocycles. The van der Waals surface area contributed by atoms with E-state index in [0.29, 0.717) is 11.0 Å². The van der Waals surface area contributed by atoms with Crippen LogP contribution in [0, 0.1) is 18.7 Å². The lowest BCUT2D eigenvalue weighted by Gasteiger charge is -2.01. The number of benzene rings is 2. The molecule has 0 unspecified atom stereocenters. The average Bonchev–Trinajstić information content (AvgIpc) is 3.25. The summed E-state index contributed by atoms with van der Waals surface area (Å²) in [4.78, 5) is 18.2. The summed E-state index contributed by atoms with van der Waals surface area (Å²) in [5, 5.41) is 7.70. The molecule has 0 aliphatic rings. The summed E-state index contributed by atoms with van der Waals surface area (Å²) in [6.07, 6.45) is 0. The molecule has 146 valence electrons. The van der Waals surface area contributed by atoms with Crippen molar-refractivity contribution in [3.05, 3.63) is 69.9 Å². The van der Waals surface area contributed by atoms with Crippen molar-refractivity contribution in [1.82, 2.24) is 14.8 Å². The molecule has 0 spiro atoms. The van der Waals surface area contributed by atoms with Gasteiger partial charge >= 0.3 is 0 Å². The highest BCUT2D eigenvalue weighted by Crippen LogP contribution is 2.30. The van der Waals surface area contributed by atoms with Crippen molar-refractivity contribution in [1.29, 1.82) is 0 Å². The number of carbonyl (C=O) groups is 1.